The first kappa shape index (κ1) is 15.3. The predicted octanol–water partition coefficient (Wildman–Crippen LogP) is 1.38. The van der Waals surface area contributed by atoms with Gasteiger partial charge >= 0.3 is 0 Å². The van der Waals surface area contributed by atoms with Crippen LogP contribution in [0.1, 0.15) is 20.3 Å². The van der Waals surface area contributed by atoms with Crippen molar-refractivity contribution in [2.24, 2.45) is 11.3 Å². The first-order valence-electron chi connectivity index (χ1n) is 6.68. The molecule has 1 saturated carbocycles. The van der Waals surface area contributed by atoms with Gasteiger partial charge in [0, 0.05) is 6.54 Å². The summed E-state index contributed by atoms with van der Waals surface area (Å²) in [6, 6.07) is 6.19. The minimum Gasteiger partial charge on any atom is -0.491 e. The average Bonchev–Trinajstić information content (AvgIpc) is 3.02. The van der Waals surface area contributed by atoms with E-state index in [-0.39, 0.29) is 23.5 Å². The van der Waals surface area contributed by atoms with Crippen LogP contribution in [0.15, 0.2) is 29.2 Å². The molecule has 0 aromatic heterocycles. The van der Waals surface area contributed by atoms with Gasteiger partial charge in [-0.1, -0.05) is 13.8 Å². The molecule has 2 N–H and O–H groups in total. The van der Waals surface area contributed by atoms with Crippen molar-refractivity contribution in [2.45, 2.75) is 25.2 Å². The van der Waals surface area contributed by atoms with Crippen LogP contribution in [0.5, 0.6) is 5.75 Å². The molecular weight excluding hydrogens is 278 g/mol. The summed E-state index contributed by atoms with van der Waals surface area (Å²) in [4.78, 5) is 0.229. The standard InChI is InChI=1S/C14H21NO4S/c1-14(2)9-11(14)10-15-20(17,18)13-5-3-12(4-6-13)19-8-7-16/h3-6,11,15-16H,7-10H2,1-2H3. The van der Waals surface area contributed by atoms with Crippen LogP contribution in [-0.4, -0.2) is 33.3 Å². The highest BCUT2D eigenvalue weighted by Crippen LogP contribution is 2.51. The van der Waals surface area contributed by atoms with Gasteiger partial charge in [0.2, 0.25) is 10.0 Å². The molecule has 0 radical (unpaired) electrons. The second-order valence-electron chi connectivity index (χ2n) is 5.79. The topological polar surface area (TPSA) is 75.6 Å². The van der Waals surface area contributed by atoms with E-state index in [2.05, 4.69) is 18.6 Å². The van der Waals surface area contributed by atoms with Crippen molar-refractivity contribution in [3.8, 4) is 5.75 Å². The Morgan fingerprint density at radius 2 is 1.95 bits per heavy atom. The molecule has 1 atom stereocenters. The van der Waals surface area contributed by atoms with Gasteiger partial charge < -0.3 is 9.84 Å². The number of sulfonamides is 1. The maximum absolute atomic E-state index is 12.1. The predicted molar refractivity (Wildman–Crippen MR) is 76.1 cm³/mol. The Kier molecular flexibility index (Phi) is 4.36. The van der Waals surface area contributed by atoms with Crippen LogP contribution < -0.4 is 9.46 Å². The summed E-state index contributed by atoms with van der Waals surface area (Å²) in [6.45, 7) is 4.89. The van der Waals surface area contributed by atoms with Crippen LogP contribution in [0.25, 0.3) is 0 Å². The molecule has 1 aromatic rings. The highest BCUT2D eigenvalue weighted by atomic mass is 32.2. The average molecular weight is 299 g/mol. The van der Waals surface area contributed by atoms with Gasteiger partial charge in [0.1, 0.15) is 12.4 Å². The molecule has 2 rings (SSSR count). The van der Waals surface area contributed by atoms with E-state index >= 15 is 0 Å². The second-order valence-corrected chi connectivity index (χ2v) is 7.55. The number of ether oxygens (including phenoxy) is 1. The van der Waals surface area contributed by atoms with Crippen LogP contribution in [0.2, 0.25) is 0 Å². The summed E-state index contributed by atoms with van der Waals surface area (Å²) in [7, 11) is -3.46. The molecule has 0 amide bonds. The lowest BCUT2D eigenvalue weighted by Gasteiger charge is -2.09. The zero-order chi connectivity index (χ0) is 14.8. The highest BCUT2D eigenvalue weighted by molar-refractivity contribution is 7.89. The highest BCUT2D eigenvalue weighted by Gasteiger charge is 2.45. The van der Waals surface area contributed by atoms with Crippen molar-refractivity contribution in [1.82, 2.24) is 4.72 Å². The summed E-state index contributed by atoms with van der Waals surface area (Å²) < 4.78 is 32.1. The zero-order valence-electron chi connectivity index (χ0n) is 11.8. The van der Waals surface area contributed by atoms with Gasteiger partial charge in [0.25, 0.3) is 0 Å². The zero-order valence-corrected chi connectivity index (χ0v) is 12.6. The Hall–Kier alpha value is -1.11. The molecule has 1 aromatic carbocycles. The van der Waals surface area contributed by atoms with Gasteiger partial charge in [-0.2, -0.15) is 0 Å². The van der Waals surface area contributed by atoms with Crippen molar-refractivity contribution in [1.29, 1.82) is 0 Å². The summed E-state index contributed by atoms with van der Waals surface area (Å²) >= 11 is 0. The van der Waals surface area contributed by atoms with Crippen LogP contribution in [-0.2, 0) is 10.0 Å². The van der Waals surface area contributed by atoms with Crippen LogP contribution in [0.4, 0.5) is 0 Å². The third-order valence-electron chi connectivity index (χ3n) is 3.73. The van der Waals surface area contributed by atoms with Crippen molar-refractivity contribution in [3.63, 3.8) is 0 Å². The molecule has 0 spiro atoms. The molecule has 6 heteroatoms. The minimum absolute atomic E-state index is 0.0707. The summed E-state index contributed by atoms with van der Waals surface area (Å²) in [5, 5.41) is 8.65. The van der Waals surface area contributed by atoms with Crippen molar-refractivity contribution in [3.05, 3.63) is 24.3 Å². The number of hydrogen-bond acceptors (Lipinski definition) is 4. The van der Waals surface area contributed by atoms with E-state index in [0.717, 1.165) is 6.42 Å². The molecule has 1 aliphatic rings. The van der Waals surface area contributed by atoms with Crippen LogP contribution in [0.3, 0.4) is 0 Å². The van der Waals surface area contributed by atoms with Crippen molar-refractivity contribution in [2.75, 3.05) is 19.8 Å². The molecule has 0 aliphatic heterocycles. The number of benzene rings is 1. The van der Waals surface area contributed by atoms with Gasteiger partial charge in [-0.25, -0.2) is 13.1 Å². The molecule has 0 heterocycles. The molecule has 5 nitrogen and oxygen atoms in total. The van der Waals surface area contributed by atoms with Crippen molar-refractivity contribution < 1.29 is 18.3 Å². The summed E-state index contributed by atoms with van der Waals surface area (Å²) in [6.07, 6.45) is 1.06. The lowest BCUT2D eigenvalue weighted by atomic mass is 10.1. The smallest absolute Gasteiger partial charge is 0.240 e. The fraction of sp³-hybridized carbons (Fsp3) is 0.571. The van der Waals surface area contributed by atoms with Gasteiger partial charge in [-0.15, -0.1) is 0 Å². The molecule has 0 bridgehead atoms. The number of rotatable bonds is 7. The molecule has 20 heavy (non-hydrogen) atoms. The van der Waals surface area contributed by atoms with Crippen LogP contribution in [0, 0.1) is 11.3 Å². The summed E-state index contributed by atoms with van der Waals surface area (Å²) in [5.74, 6) is 0.964. The Balaban J connectivity index is 1.95. The first-order valence-corrected chi connectivity index (χ1v) is 8.17. The maximum atomic E-state index is 12.1. The quantitative estimate of drug-likeness (QED) is 0.797. The first-order chi connectivity index (χ1) is 9.35. The lowest BCUT2D eigenvalue weighted by Crippen LogP contribution is -2.26. The largest absolute Gasteiger partial charge is 0.491 e. The normalized spacial score (nSPS) is 20.6. The molecular formula is C14H21NO4S. The molecule has 0 saturated heterocycles. The Bertz CT molecular complexity index is 551. The SMILES string of the molecule is CC1(C)CC1CNS(=O)(=O)c1ccc(OCCO)cc1. The van der Waals surface area contributed by atoms with Gasteiger partial charge in [0.05, 0.1) is 11.5 Å². The number of aliphatic hydroxyl groups is 1. The van der Waals surface area contributed by atoms with E-state index < -0.39 is 10.0 Å². The fourth-order valence-electron chi connectivity index (χ4n) is 2.10. The Morgan fingerprint density at radius 1 is 1.35 bits per heavy atom. The van der Waals surface area contributed by atoms with E-state index in [1.54, 1.807) is 12.1 Å². The molecule has 1 fully saturated rings. The third-order valence-corrected chi connectivity index (χ3v) is 5.17. The number of nitrogens with one attached hydrogen (secondary N) is 1. The van der Waals surface area contributed by atoms with E-state index in [1.165, 1.54) is 12.1 Å². The Labute approximate surface area is 120 Å². The second kappa shape index (κ2) is 5.71. The number of aliphatic hydroxyl groups excluding tert-OH is 1. The third kappa shape index (κ3) is 3.71. The maximum Gasteiger partial charge on any atom is 0.240 e. The monoisotopic (exact) mass is 299 g/mol. The summed E-state index contributed by atoms with van der Waals surface area (Å²) in [5.41, 5.74) is 0.254. The van der Waals surface area contributed by atoms with Crippen molar-refractivity contribution >= 4 is 10.0 Å². The van der Waals surface area contributed by atoms with Crippen LogP contribution >= 0.6 is 0 Å². The fourth-order valence-corrected chi connectivity index (χ4v) is 3.18. The van der Waals surface area contributed by atoms with Gasteiger partial charge in [-0.3, -0.25) is 0 Å². The van der Waals surface area contributed by atoms with E-state index in [9.17, 15) is 8.42 Å². The van der Waals surface area contributed by atoms with Gasteiger partial charge in [0.15, 0.2) is 0 Å². The number of hydrogen-bond donors (Lipinski definition) is 2. The lowest BCUT2D eigenvalue weighted by molar-refractivity contribution is 0.201. The van der Waals surface area contributed by atoms with E-state index in [0.29, 0.717) is 18.2 Å². The molecule has 1 aliphatic carbocycles. The van der Waals surface area contributed by atoms with E-state index in [4.69, 9.17) is 9.84 Å². The van der Waals surface area contributed by atoms with E-state index in [1.807, 2.05) is 0 Å². The van der Waals surface area contributed by atoms with Gasteiger partial charge in [-0.05, 0) is 42.0 Å². The minimum atomic E-state index is -3.46. The Morgan fingerprint density at radius 3 is 2.45 bits per heavy atom. The molecule has 1 unspecified atom stereocenters. The molecule has 112 valence electrons.